The molecule has 1 saturated carbocycles. The number of aromatic nitrogens is 4. The number of hydrogen-bond acceptors (Lipinski definition) is 5. The Morgan fingerprint density at radius 1 is 1.28 bits per heavy atom. The lowest BCUT2D eigenvalue weighted by Gasteiger charge is -2.43. The average molecular weight is 404 g/mol. The van der Waals surface area contributed by atoms with Gasteiger partial charge in [-0.1, -0.05) is 0 Å². The molecule has 3 aromatic rings. The molecule has 1 atom stereocenters. The first kappa shape index (κ1) is 18.4. The number of hydrogen-bond donors (Lipinski definition) is 1. The number of rotatable bonds is 2. The minimum Gasteiger partial charge on any atom is -0.507 e. The molecular formula is C20H19F3N4O2. The van der Waals surface area contributed by atoms with Crippen LogP contribution in [0.1, 0.15) is 37.8 Å². The summed E-state index contributed by atoms with van der Waals surface area (Å²) in [5, 5.41) is 14.8. The van der Waals surface area contributed by atoms with Crippen molar-refractivity contribution in [2.75, 3.05) is 0 Å². The summed E-state index contributed by atoms with van der Waals surface area (Å²) in [5.41, 5.74) is 0.472. The third-order valence-electron chi connectivity index (χ3n) is 6.16. The van der Waals surface area contributed by atoms with Crippen molar-refractivity contribution in [3.63, 3.8) is 0 Å². The summed E-state index contributed by atoms with van der Waals surface area (Å²) in [6.07, 6.45) is 0.479. The first-order chi connectivity index (χ1) is 13.5. The van der Waals surface area contributed by atoms with E-state index in [4.69, 9.17) is 4.74 Å². The zero-order valence-corrected chi connectivity index (χ0v) is 16.1. The highest BCUT2D eigenvalue weighted by Gasteiger charge is 2.65. The summed E-state index contributed by atoms with van der Waals surface area (Å²) in [6.45, 7) is 5.61. The van der Waals surface area contributed by atoms with Gasteiger partial charge in [0, 0.05) is 18.4 Å². The molecule has 2 saturated heterocycles. The van der Waals surface area contributed by atoms with Crippen LogP contribution in [0.3, 0.4) is 0 Å². The number of ether oxygens (including phenoxy) is 1. The summed E-state index contributed by atoms with van der Waals surface area (Å²) in [4.78, 5) is 8.84. The second-order valence-electron chi connectivity index (χ2n) is 8.39. The minimum atomic E-state index is -4.54. The van der Waals surface area contributed by atoms with E-state index < -0.39 is 17.5 Å². The molecule has 3 fully saturated rings. The van der Waals surface area contributed by atoms with Crippen LogP contribution in [0.5, 0.6) is 5.75 Å². The highest BCUT2D eigenvalue weighted by molar-refractivity contribution is 5.77. The Kier molecular flexibility index (Phi) is 3.46. The van der Waals surface area contributed by atoms with Gasteiger partial charge in [-0.2, -0.15) is 13.2 Å². The van der Waals surface area contributed by atoms with E-state index in [9.17, 15) is 18.3 Å². The average Bonchev–Trinajstić information content (AvgIpc) is 3.19. The number of phenols is 1. The van der Waals surface area contributed by atoms with E-state index in [1.54, 1.807) is 0 Å². The molecule has 2 aliphatic heterocycles. The first-order valence-electron chi connectivity index (χ1n) is 9.33. The van der Waals surface area contributed by atoms with Gasteiger partial charge in [0.2, 0.25) is 0 Å². The van der Waals surface area contributed by atoms with Gasteiger partial charge in [0.05, 0.1) is 40.9 Å². The lowest BCUT2D eigenvalue weighted by Crippen LogP contribution is -2.51. The van der Waals surface area contributed by atoms with Crippen LogP contribution in [0.25, 0.3) is 22.4 Å². The molecule has 2 aromatic heterocycles. The van der Waals surface area contributed by atoms with Crippen molar-refractivity contribution < 1.29 is 23.0 Å². The monoisotopic (exact) mass is 404 g/mol. The minimum absolute atomic E-state index is 0.0162. The van der Waals surface area contributed by atoms with Gasteiger partial charge in [0.1, 0.15) is 11.3 Å². The van der Waals surface area contributed by atoms with Crippen molar-refractivity contribution in [3.05, 3.63) is 35.7 Å². The molecule has 0 radical (unpaired) electrons. The van der Waals surface area contributed by atoms with Crippen molar-refractivity contribution in [1.82, 2.24) is 19.7 Å². The van der Waals surface area contributed by atoms with Gasteiger partial charge in [-0.25, -0.2) is 9.97 Å². The molecule has 29 heavy (non-hydrogen) atoms. The molecule has 9 heteroatoms. The van der Waals surface area contributed by atoms with Gasteiger partial charge < -0.3 is 9.84 Å². The van der Waals surface area contributed by atoms with Crippen LogP contribution in [0.2, 0.25) is 0 Å². The zero-order valence-electron chi connectivity index (χ0n) is 16.1. The number of fused-ring (bicyclic) bond motifs is 2. The Morgan fingerprint density at radius 2 is 2.00 bits per heavy atom. The Hall–Kier alpha value is -2.68. The molecule has 0 amide bonds. The number of benzene rings is 1. The molecule has 3 aliphatic rings. The van der Waals surface area contributed by atoms with E-state index in [2.05, 4.69) is 22.0 Å². The predicted octanol–water partition coefficient (Wildman–Crippen LogP) is 4.19. The predicted molar refractivity (Wildman–Crippen MR) is 98.3 cm³/mol. The van der Waals surface area contributed by atoms with Gasteiger partial charge in [-0.3, -0.25) is 4.68 Å². The Balaban J connectivity index is 1.57. The largest absolute Gasteiger partial charge is 0.507 e. The van der Waals surface area contributed by atoms with Crippen molar-refractivity contribution in [2.45, 2.75) is 57.0 Å². The fraction of sp³-hybridized carbons (Fsp3) is 0.450. The molecule has 1 aromatic carbocycles. The number of nitrogens with zero attached hydrogens (tertiary/aromatic N) is 4. The Bertz CT molecular complexity index is 1130. The fourth-order valence-corrected chi connectivity index (χ4v) is 4.91. The summed E-state index contributed by atoms with van der Waals surface area (Å²) in [5.74, 6) is -0.489. The highest BCUT2D eigenvalue weighted by Crippen LogP contribution is 2.59. The quantitative estimate of drug-likeness (QED) is 0.693. The molecular weight excluding hydrogens is 385 g/mol. The second kappa shape index (κ2) is 5.47. The lowest BCUT2D eigenvalue weighted by atomic mass is 9.67. The van der Waals surface area contributed by atoms with Crippen LogP contribution < -0.4 is 0 Å². The maximum atomic E-state index is 13.0. The van der Waals surface area contributed by atoms with Gasteiger partial charge in [-0.05, 0) is 38.5 Å². The Morgan fingerprint density at radius 3 is 2.59 bits per heavy atom. The Labute approximate surface area is 164 Å². The summed E-state index contributed by atoms with van der Waals surface area (Å²) < 4.78 is 46.8. The van der Waals surface area contributed by atoms with Gasteiger partial charge >= 0.3 is 6.18 Å². The van der Waals surface area contributed by atoms with Crippen LogP contribution in [-0.2, 0) is 16.5 Å². The van der Waals surface area contributed by atoms with E-state index in [1.807, 2.05) is 17.8 Å². The van der Waals surface area contributed by atoms with Crippen LogP contribution in [0, 0.1) is 6.92 Å². The van der Waals surface area contributed by atoms with Gasteiger partial charge in [0.25, 0.3) is 0 Å². The normalized spacial score (nSPS) is 28.7. The molecule has 1 N–H and O–H groups in total. The summed E-state index contributed by atoms with van der Waals surface area (Å²) >= 11 is 0. The third kappa shape index (κ3) is 2.56. The third-order valence-corrected chi connectivity index (χ3v) is 6.16. The number of aromatic hydroxyl groups is 1. The number of alkyl halides is 3. The van der Waals surface area contributed by atoms with E-state index >= 15 is 0 Å². The van der Waals surface area contributed by atoms with Crippen LogP contribution in [0.4, 0.5) is 13.2 Å². The molecule has 4 heterocycles. The molecule has 0 unspecified atom stereocenters. The smallest absolute Gasteiger partial charge is 0.416 e. The SMILES string of the molecule is Cc1cc(C(F)(F)F)cc(O)c1-c1cnc2cn(C34CC(C)(C3)O[C@@H]4C)nc2n1. The van der Waals surface area contributed by atoms with Crippen LogP contribution >= 0.6 is 0 Å². The van der Waals surface area contributed by atoms with Gasteiger partial charge in [0.15, 0.2) is 5.65 Å². The number of aryl methyl sites for hydroxylation is 1. The molecule has 1 aliphatic carbocycles. The first-order valence-corrected chi connectivity index (χ1v) is 9.33. The van der Waals surface area contributed by atoms with Crippen molar-refractivity contribution >= 4 is 11.2 Å². The highest BCUT2D eigenvalue weighted by atomic mass is 19.4. The van der Waals surface area contributed by atoms with Crippen LogP contribution in [-0.4, -0.2) is 36.6 Å². The maximum absolute atomic E-state index is 13.0. The van der Waals surface area contributed by atoms with E-state index in [0.717, 1.165) is 18.9 Å². The topological polar surface area (TPSA) is 73.1 Å². The fourth-order valence-electron chi connectivity index (χ4n) is 4.91. The van der Waals surface area contributed by atoms with E-state index in [0.29, 0.717) is 17.2 Å². The summed E-state index contributed by atoms with van der Waals surface area (Å²) in [7, 11) is 0. The summed E-state index contributed by atoms with van der Waals surface area (Å²) in [6, 6.07) is 1.70. The molecule has 6 nitrogen and oxygen atoms in total. The van der Waals surface area contributed by atoms with Crippen molar-refractivity contribution in [2.24, 2.45) is 0 Å². The standard InChI is InChI=1S/C20H19F3N4O2/c1-10-4-12(20(21,22)23)5-15(28)16(10)13-6-24-14-7-27(26-17(14)25-13)19-8-18(3,9-19)29-11(19)2/h4-7,11,28H,8-9H2,1-3H3/t11-,18?,19?/m1/s1. The van der Waals surface area contributed by atoms with Crippen molar-refractivity contribution in [1.29, 1.82) is 0 Å². The van der Waals surface area contributed by atoms with Crippen molar-refractivity contribution in [3.8, 4) is 17.0 Å². The zero-order chi connectivity index (χ0) is 20.8. The van der Waals surface area contributed by atoms with E-state index in [1.165, 1.54) is 13.1 Å². The molecule has 0 spiro atoms. The van der Waals surface area contributed by atoms with E-state index in [-0.39, 0.29) is 34.1 Å². The van der Waals surface area contributed by atoms with Crippen LogP contribution in [0.15, 0.2) is 24.5 Å². The second-order valence-corrected chi connectivity index (χ2v) is 8.39. The number of phenolic OH excluding ortho intramolecular Hbond substituents is 1. The van der Waals surface area contributed by atoms with Gasteiger partial charge in [-0.15, -0.1) is 5.10 Å². The maximum Gasteiger partial charge on any atom is 0.416 e. The molecule has 2 bridgehead atoms. The lowest BCUT2D eigenvalue weighted by molar-refractivity contribution is -0.137. The molecule has 152 valence electrons. The number of halogens is 3. The molecule has 6 rings (SSSR count).